The summed E-state index contributed by atoms with van der Waals surface area (Å²) in [5.74, 6) is 2.54. The van der Waals surface area contributed by atoms with E-state index in [0.717, 1.165) is 37.3 Å². The van der Waals surface area contributed by atoms with Crippen LogP contribution in [0, 0.1) is 17.8 Å². The lowest BCUT2D eigenvalue weighted by Crippen LogP contribution is -2.48. The zero-order valence-electron chi connectivity index (χ0n) is 13.0. The summed E-state index contributed by atoms with van der Waals surface area (Å²) in [4.78, 5) is 0. The molecule has 0 aromatic heterocycles. The highest BCUT2D eigenvalue weighted by Gasteiger charge is 2.33. The van der Waals surface area contributed by atoms with Gasteiger partial charge in [0.2, 0.25) is 0 Å². The lowest BCUT2D eigenvalue weighted by molar-refractivity contribution is 0.00206. The molecule has 2 heteroatoms. The van der Waals surface area contributed by atoms with E-state index in [0.29, 0.717) is 12.1 Å². The summed E-state index contributed by atoms with van der Waals surface area (Å²) in [6, 6.07) is 0.546. The Balaban J connectivity index is 2.69. The summed E-state index contributed by atoms with van der Waals surface area (Å²) >= 11 is 0. The quantitative estimate of drug-likeness (QED) is 0.746. The Bertz CT molecular complexity index is 209. The van der Waals surface area contributed by atoms with Crippen molar-refractivity contribution in [3.8, 4) is 0 Å². The van der Waals surface area contributed by atoms with Crippen LogP contribution in [-0.2, 0) is 4.74 Å². The Morgan fingerprint density at radius 3 is 2.11 bits per heavy atom. The van der Waals surface area contributed by atoms with Crippen LogP contribution in [0.15, 0.2) is 0 Å². The van der Waals surface area contributed by atoms with Crippen LogP contribution in [0.2, 0.25) is 0 Å². The number of rotatable bonds is 7. The second kappa shape index (κ2) is 8.16. The van der Waals surface area contributed by atoms with Gasteiger partial charge in [0.05, 0.1) is 6.10 Å². The third-order valence-electron chi connectivity index (χ3n) is 4.35. The van der Waals surface area contributed by atoms with E-state index < -0.39 is 0 Å². The molecule has 2 nitrogen and oxygen atoms in total. The molecule has 0 aromatic rings. The van der Waals surface area contributed by atoms with Crippen LogP contribution in [0.1, 0.15) is 60.3 Å². The Morgan fingerprint density at radius 1 is 1.06 bits per heavy atom. The van der Waals surface area contributed by atoms with Crippen molar-refractivity contribution in [3.05, 3.63) is 0 Å². The summed E-state index contributed by atoms with van der Waals surface area (Å²) in [6.45, 7) is 13.3. The molecule has 1 rings (SSSR count). The average molecular weight is 255 g/mol. The summed E-state index contributed by atoms with van der Waals surface area (Å²) in [5, 5.41) is 3.70. The summed E-state index contributed by atoms with van der Waals surface area (Å²) in [5.41, 5.74) is 0. The Kier molecular flexibility index (Phi) is 7.25. The highest BCUT2D eigenvalue weighted by atomic mass is 16.5. The van der Waals surface area contributed by atoms with Gasteiger partial charge in [-0.05, 0) is 56.9 Å². The standard InChI is InChI=1S/C16H33NO/c1-6-15(18-8-3)16(17-7-2)14-10-12(4)9-13(5)11-14/h12-17H,6-11H2,1-5H3. The summed E-state index contributed by atoms with van der Waals surface area (Å²) in [6.07, 6.45) is 5.64. The highest BCUT2D eigenvalue weighted by Crippen LogP contribution is 2.36. The maximum atomic E-state index is 5.97. The Labute approximate surface area is 114 Å². The van der Waals surface area contributed by atoms with Crippen LogP contribution < -0.4 is 5.32 Å². The van der Waals surface area contributed by atoms with Gasteiger partial charge in [-0.3, -0.25) is 0 Å². The van der Waals surface area contributed by atoms with Crippen LogP contribution in [-0.4, -0.2) is 25.3 Å². The minimum Gasteiger partial charge on any atom is -0.377 e. The van der Waals surface area contributed by atoms with Gasteiger partial charge in [-0.1, -0.05) is 27.7 Å². The molecule has 0 aromatic carbocycles. The zero-order valence-corrected chi connectivity index (χ0v) is 13.0. The molecule has 0 bridgehead atoms. The highest BCUT2D eigenvalue weighted by molar-refractivity contribution is 4.88. The minimum atomic E-state index is 0.387. The van der Waals surface area contributed by atoms with Gasteiger partial charge in [-0.15, -0.1) is 0 Å². The molecule has 0 heterocycles. The van der Waals surface area contributed by atoms with Gasteiger partial charge in [-0.25, -0.2) is 0 Å². The molecule has 0 amide bonds. The van der Waals surface area contributed by atoms with Crippen LogP contribution in [0.3, 0.4) is 0 Å². The van der Waals surface area contributed by atoms with Crippen LogP contribution in [0.5, 0.6) is 0 Å². The maximum absolute atomic E-state index is 5.97. The molecule has 1 N–H and O–H groups in total. The molecule has 1 fully saturated rings. The monoisotopic (exact) mass is 255 g/mol. The van der Waals surface area contributed by atoms with Gasteiger partial charge in [0.25, 0.3) is 0 Å². The van der Waals surface area contributed by atoms with Crippen LogP contribution in [0.4, 0.5) is 0 Å². The lowest BCUT2D eigenvalue weighted by atomic mass is 9.72. The van der Waals surface area contributed by atoms with Gasteiger partial charge in [0.1, 0.15) is 0 Å². The van der Waals surface area contributed by atoms with Crippen molar-refractivity contribution in [1.29, 1.82) is 0 Å². The van der Waals surface area contributed by atoms with Crippen molar-refractivity contribution in [3.63, 3.8) is 0 Å². The molecule has 0 spiro atoms. The molecule has 0 radical (unpaired) electrons. The van der Waals surface area contributed by atoms with Crippen molar-refractivity contribution < 1.29 is 4.74 Å². The van der Waals surface area contributed by atoms with Gasteiger partial charge < -0.3 is 10.1 Å². The molecule has 1 aliphatic rings. The van der Waals surface area contributed by atoms with Crippen LogP contribution >= 0.6 is 0 Å². The maximum Gasteiger partial charge on any atom is 0.0727 e. The molecule has 108 valence electrons. The van der Waals surface area contributed by atoms with Crippen molar-refractivity contribution in [2.24, 2.45) is 17.8 Å². The van der Waals surface area contributed by atoms with Gasteiger partial charge in [-0.2, -0.15) is 0 Å². The van der Waals surface area contributed by atoms with Crippen molar-refractivity contribution in [2.75, 3.05) is 13.2 Å². The summed E-state index contributed by atoms with van der Waals surface area (Å²) in [7, 11) is 0. The lowest BCUT2D eigenvalue weighted by Gasteiger charge is -2.40. The van der Waals surface area contributed by atoms with Crippen molar-refractivity contribution in [1.82, 2.24) is 5.32 Å². The molecule has 4 atom stereocenters. The molecule has 1 aliphatic carbocycles. The molecule has 0 aliphatic heterocycles. The first-order valence-corrected chi connectivity index (χ1v) is 7.97. The molecular formula is C16H33NO. The van der Waals surface area contributed by atoms with E-state index in [9.17, 15) is 0 Å². The van der Waals surface area contributed by atoms with Crippen molar-refractivity contribution >= 4 is 0 Å². The Morgan fingerprint density at radius 2 is 1.67 bits per heavy atom. The fourth-order valence-electron chi connectivity index (χ4n) is 3.83. The third-order valence-corrected chi connectivity index (χ3v) is 4.35. The van der Waals surface area contributed by atoms with E-state index in [1.807, 2.05) is 0 Å². The van der Waals surface area contributed by atoms with Crippen LogP contribution in [0.25, 0.3) is 0 Å². The molecule has 1 saturated carbocycles. The molecule has 4 unspecified atom stereocenters. The van der Waals surface area contributed by atoms with E-state index >= 15 is 0 Å². The first-order valence-electron chi connectivity index (χ1n) is 7.97. The number of hydrogen-bond acceptors (Lipinski definition) is 2. The predicted molar refractivity (Wildman–Crippen MR) is 78.8 cm³/mol. The van der Waals surface area contributed by atoms with E-state index in [-0.39, 0.29) is 0 Å². The number of ether oxygens (including phenoxy) is 1. The van der Waals surface area contributed by atoms with Crippen molar-refractivity contribution in [2.45, 2.75) is 72.4 Å². The second-order valence-electron chi connectivity index (χ2n) is 6.16. The second-order valence-corrected chi connectivity index (χ2v) is 6.16. The third kappa shape index (κ3) is 4.55. The number of likely N-dealkylation sites (N-methyl/N-ethyl adjacent to an activating group) is 1. The average Bonchev–Trinajstić information content (AvgIpc) is 2.32. The van der Waals surface area contributed by atoms with E-state index in [2.05, 4.69) is 39.9 Å². The number of nitrogens with one attached hydrogen (secondary N) is 1. The van der Waals surface area contributed by atoms with E-state index in [4.69, 9.17) is 4.74 Å². The first kappa shape index (κ1) is 16.0. The van der Waals surface area contributed by atoms with Gasteiger partial charge in [0.15, 0.2) is 0 Å². The molecular weight excluding hydrogens is 222 g/mol. The zero-order chi connectivity index (χ0) is 13.5. The fourth-order valence-corrected chi connectivity index (χ4v) is 3.83. The Hall–Kier alpha value is -0.0800. The predicted octanol–water partition coefficient (Wildman–Crippen LogP) is 3.85. The normalized spacial score (nSPS) is 32.2. The van der Waals surface area contributed by atoms with E-state index in [1.165, 1.54) is 19.3 Å². The van der Waals surface area contributed by atoms with Gasteiger partial charge >= 0.3 is 0 Å². The smallest absolute Gasteiger partial charge is 0.0727 e. The topological polar surface area (TPSA) is 21.3 Å². The summed E-state index contributed by atoms with van der Waals surface area (Å²) < 4.78 is 5.97. The molecule has 0 saturated heterocycles. The first-order chi connectivity index (χ1) is 8.62. The minimum absolute atomic E-state index is 0.387. The number of hydrogen-bond donors (Lipinski definition) is 1. The van der Waals surface area contributed by atoms with E-state index in [1.54, 1.807) is 0 Å². The SMILES string of the molecule is CCNC(C1CC(C)CC(C)C1)C(CC)OCC. The van der Waals surface area contributed by atoms with Gasteiger partial charge in [0, 0.05) is 12.6 Å². The fraction of sp³-hybridized carbons (Fsp3) is 1.00. The largest absolute Gasteiger partial charge is 0.377 e. The molecule has 18 heavy (non-hydrogen) atoms.